The highest BCUT2D eigenvalue weighted by molar-refractivity contribution is 7.89. The maximum absolute atomic E-state index is 13.4. The molecule has 0 saturated heterocycles. The molecular weight excluding hydrogens is 414 g/mol. The standard InChI is InChI=1S/C17H17F4N5O2S/c1-3-15(17(19,20)21)25-29(27,28)12-7-14(26(2)9-12)16(23)24-11-4-5-13(18)10(6-11)8-22/h4-7,9,15,25H,3H2,1-2H3,(H2,23,24)/t15-/m0/s1. The fourth-order valence-electron chi connectivity index (χ4n) is 2.44. The molecule has 1 aromatic heterocycles. The predicted octanol–water partition coefficient (Wildman–Crippen LogP) is 2.69. The largest absolute Gasteiger partial charge is 0.404 e. The van der Waals surface area contributed by atoms with Crippen molar-refractivity contribution in [2.75, 3.05) is 0 Å². The Bertz CT molecular complexity index is 1080. The van der Waals surface area contributed by atoms with E-state index in [0.717, 1.165) is 24.4 Å². The molecule has 7 nitrogen and oxygen atoms in total. The zero-order chi connectivity index (χ0) is 22.0. The summed E-state index contributed by atoms with van der Waals surface area (Å²) in [6.45, 7) is 1.21. The van der Waals surface area contributed by atoms with Crippen molar-refractivity contribution in [1.82, 2.24) is 9.29 Å². The minimum atomic E-state index is -4.74. The Labute approximate surface area is 164 Å². The van der Waals surface area contributed by atoms with Crippen LogP contribution in [0, 0.1) is 17.1 Å². The Balaban J connectivity index is 2.38. The molecule has 0 amide bonds. The van der Waals surface area contributed by atoms with Crippen LogP contribution in [0.5, 0.6) is 0 Å². The molecule has 1 atom stereocenters. The number of nitrogens with two attached hydrogens (primary N) is 1. The first kappa shape index (κ1) is 22.4. The third-order valence-corrected chi connectivity index (χ3v) is 5.41. The number of aromatic nitrogens is 1. The summed E-state index contributed by atoms with van der Waals surface area (Å²) in [5.41, 5.74) is 5.86. The highest BCUT2D eigenvalue weighted by Gasteiger charge is 2.41. The van der Waals surface area contributed by atoms with E-state index in [2.05, 4.69) is 4.99 Å². The number of benzene rings is 1. The van der Waals surface area contributed by atoms with E-state index >= 15 is 0 Å². The van der Waals surface area contributed by atoms with Gasteiger partial charge in [-0.2, -0.15) is 23.2 Å². The Morgan fingerprint density at radius 2 is 2.03 bits per heavy atom. The smallest absolute Gasteiger partial charge is 0.382 e. The third-order valence-electron chi connectivity index (χ3n) is 3.97. The molecule has 0 spiro atoms. The van der Waals surface area contributed by atoms with Gasteiger partial charge in [0.2, 0.25) is 10.0 Å². The molecule has 2 aromatic rings. The Morgan fingerprint density at radius 3 is 2.59 bits per heavy atom. The van der Waals surface area contributed by atoms with Gasteiger partial charge in [-0.05, 0) is 30.7 Å². The zero-order valence-electron chi connectivity index (χ0n) is 15.3. The summed E-state index contributed by atoms with van der Waals surface area (Å²) in [4.78, 5) is 3.59. The van der Waals surface area contributed by atoms with Crippen molar-refractivity contribution in [2.45, 2.75) is 30.5 Å². The Kier molecular flexibility index (Phi) is 6.34. The average molecular weight is 431 g/mol. The second kappa shape index (κ2) is 8.22. The van der Waals surface area contributed by atoms with E-state index in [-0.39, 0.29) is 22.8 Å². The molecule has 0 unspecified atom stereocenters. The van der Waals surface area contributed by atoms with Gasteiger partial charge >= 0.3 is 6.18 Å². The Morgan fingerprint density at radius 1 is 1.38 bits per heavy atom. The molecular formula is C17H17F4N5O2S. The predicted molar refractivity (Wildman–Crippen MR) is 97.4 cm³/mol. The first-order valence-electron chi connectivity index (χ1n) is 8.18. The number of alkyl halides is 3. The summed E-state index contributed by atoms with van der Waals surface area (Å²) >= 11 is 0. The summed E-state index contributed by atoms with van der Waals surface area (Å²) in [5.74, 6) is -0.911. The van der Waals surface area contributed by atoms with Crippen LogP contribution in [0.2, 0.25) is 0 Å². The summed E-state index contributed by atoms with van der Waals surface area (Å²) in [6, 6.07) is 3.93. The minimum absolute atomic E-state index is 0.105. The molecule has 12 heteroatoms. The second-order valence-corrected chi connectivity index (χ2v) is 7.78. The molecule has 3 N–H and O–H groups in total. The van der Waals surface area contributed by atoms with Crippen molar-refractivity contribution in [2.24, 2.45) is 17.8 Å². The first-order valence-corrected chi connectivity index (χ1v) is 9.67. The van der Waals surface area contributed by atoms with Gasteiger partial charge in [-0.3, -0.25) is 0 Å². The summed E-state index contributed by atoms with van der Waals surface area (Å²) in [6.07, 6.45) is -4.12. The lowest BCUT2D eigenvalue weighted by Crippen LogP contribution is -2.44. The fraction of sp³-hybridized carbons (Fsp3) is 0.294. The van der Waals surface area contributed by atoms with Gasteiger partial charge in [0.05, 0.1) is 16.9 Å². The zero-order valence-corrected chi connectivity index (χ0v) is 16.1. The van der Waals surface area contributed by atoms with Crippen LogP contribution in [-0.4, -0.2) is 31.0 Å². The number of halogens is 4. The number of aryl methyl sites for hydroxylation is 1. The number of aliphatic imine (C=N–C) groups is 1. The summed E-state index contributed by atoms with van der Waals surface area (Å²) < 4.78 is 79.6. The summed E-state index contributed by atoms with van der Waals surface area (Å²) in [5, 5.41) is 8.85. The molecule has 0 bridgehead atoms. The molecule has 0 aliphatic rings. The molecule has 0 aliphatic carbocycles. The van der Waals surface area contributed by atoms with E-state index in [1.807, 2.05) is 0 Å². The number of hydrogen-bond acceptors (Lipinski definition) is 4. The van der Waals surface area contributed by atoms with Crippen LogP contribution >= 0.6 is 0 Å². The van der Waals surface area contributed by atoms with Gasteiger partial charge in [-0.25, -0.2) is 17.8 Å². The lowest BCUT2D eigenvalue weighted by Gasteiger charge is -2.19. The number of rotatable bonds is 6. The van der Waals surface area contributed by atoms with Gasteiger partial charge in [0.15, 0.2) is 0 Å². The lowest BCUT2D eigenvalue weighted by molar-refractivity contribution is -0.151. The van der Waals surface area contributed by atoms with Crippen molar-refractivity contribution >= 4 is 21.5 Å². The second-order valence-electron chi connectivity index (χ2n) is 6.07. The Hall–Kier alpha value is -2.91. The van der Waals surface area contributed by atoms with E-state index < -0.39 is 39.4 Å². The van der Waals surface area contributed by atoms with Gasteiger partial charge in [0, 0.05) is 13.2 Å². The average Bonchev–Trinajstić information content (AvgIpc) is 3.03. The maximum Gasteiger partial charge on any atom is 0.404 e. The third kappa shape index (κ3) is 5.12. The minimum Gasteiger partial charge on any atom is -0.382 e. The van der Waals surface area contributed by atoms with Crippen LogP contribution in [0.3, 0.4) is 0 Å². The van der Waals surface area contributed by atoms with E-state index in [9.17, 15) is 26.0 Å². The van der Waals surface area contributed by atoms with Crippen molar-refractivity contribution in [1.29, 1.82) is 5.26 Å². The van der Waals surface area contributed by atoms with Crippen LogP contribution in [0.1, 0.15) is 24.6 Å². The van der Waals surface area contributed by atoms with Crippen molar-refractivity contribution in [3.8, 4) is 6.07 Å². The number of sulfonamides is 1. The normalized spacial score (nSPS) is 13.9. The van der Waals surface area contributed by atoms with E-state index in [0.29, 0.717) is 0 Å². The molecule has 1 aromatic carbocycles. The molecule has 0 saturated carbocycles. The number of nitrogens with zero attached hydrogens (tertiary/aromatic N) is 3. The van der Waals surface area contributed by atoms with Crippen molar-refractivity contribution in [3.05, 3.63) is 47.5 Å². The molecule has 0 aliphatic heterocycles. The SMILES string of the molecule is CC[C@H](NS(=O)(=O)c1cc(C(N)=Nc2ccc(F)c(C#N)c2)n(C)c1)C(F)(F)F. The van der Waals surface area contributed by atoms with E-state index in [1.165, 1.54) is 24.6 Å². The highest BCUT2D eigenvalue weighted by Crippen LogP contribution is 2.25. The number of hydrogen-bond donors (Lipinski definition) is 2. The molecule has 1 heterocycles. The van der Waals surface area contributed by atoms with E-state index in [4.69, 9.17) is 11.0 Å². The van der Waals surface area contributed by atoms with Gasteiger partial charge < -0.3 is 10.3 Å². The van der Waals surface area contributed by atoms with E-state index in [1.54, 1.807) is 10.8 Å². The van der Waals surface area contributed by atoms with Crippen LogP contribution in [0.15, 0.2) is 40.4 Å². The lowest BCUT2D eigenvalue weighted by atomic mass is 10.2. The summed E-state index contributed by atoms with van der Waals surface area (Å²) in [7, 11) is -3.04. The van der Waals surface area contributed by atoms with Crippen LogP contribution in [0.4, 0.5) is 23.2 Å². The molecule has 0 fully saturated rings. The van der Waals surface area contributed by atoms with Crippen LogP contribution < -0.4 is 10.5 Å². The molecule has 2 rings (SSSR count). The monoisotopic (exact) mass is 431 g/mol. The quantitative estimate of drug-likeness (QED) is 0.416. The number of nitrogens with one attached hydrogen (secondary N) is 1. The highest BCUT2D eigenvalue weighted by atomic mass is 32.2. The number of amidine groups is 1. The topological polar surface area (TPSA) is 113 Å². The molecule has 29 heavy (non-hydrogen) atoms. The van der Waals surface area contributed by atoms with Crippen LogP contribution in [-0.2, 0) is 17.1 Å². The number of nitriles is 1. The van der Waals surface area contributed by atoms with Crippen molar-refractivity contribution < 1.29 is 26.0 Å². The molecule has 0 radical (unpaired) electrons. The van der Waals surface area contributed by atoms with Gasteiger partial charge in [-0.1, -0.05) is 6.92 Å². The van der Waals surface area contributed by atoms with Crippen LogP contribution in [0.25, 0.3) is 0 Å². The van der Waals surface area contributed by atoms with Gasteiger partial charge in [-0.15, -0.1) is 0 Å². The fourth-order valence-corrected chi connectivity index (χ4v) is 3.81. The molecule has 156 valence electrons. The van der Waals surface area contributed by atoms with Gasteiger partial charge in [0.25, 0.3) is 0 Å². The first-order chi connectivity index (χ1) is 13.4. The van der Waals surface area contributed by atoms with Crippen molar-refractivity contribution in [3.63, 3.8) is 0 Å². The maximum atomic E-state index is 13.4. The van der Waals surface area contributed by atoms with Gasteiger partial charge in [0.1, 0.15) is 28.7 Å².